The van der Waals surface area contributed by atoms with E-state index in [1.807, 2.05) is 18.2 Å². The lowest BCUT2D eigenvalue weighted by Gasteiger charge is -2.22. The summed E-state index contributed by atoms with van der Waals surface area (Å²) >= 11 is 6.68. The third-order valence-corrected chi connectivity index (χ3v) is 4.11. The zero-order valence-electron chi connectivity index (χ0n) is 6.96. The monoisotopic (exact) mass is 356 g/mol. The van der Waals surface area contributed by atoms with E-state index in [-0.39, 0.29) is 0 Å². The lowest BCUT2D eigenvalue weighted by molar-refractivity contribution is -0.318. The number of para-hydroxylation sites is 1. The summed E-state index contributed by atoms with van der Waals surface area (Å²) in [6, 6.07) is 5.48. The summed E-state index contributed by atoms with van der Waals surface area (Å²) in [6.07, 6.45) is 0. The van der Waals surface area contributed by atoms with E-state index in [2.05, 4.69) is 31.9 Å². The number of nitrogens with zero attached hydrogens (tertiary/aromatic N) is 2. The standard InChI is InChI=1S/C6H3Br2N2O4P/c7-4-2-1-3-5(8)6(4)9-10-13-15(11,12-9)14-10/h1-3H. The van der Waals surface area contributed by atoms with Crippen molar-refractivity contribution in [3.05, 3.63) is 27.1 Å². The Hall–Kier alpha value is 0.0500. The van der Waals surface area contributed by atoms with Crippen molar-refractivity contribution >= 4 is 45.4 Å². The SMILES string of the molecule is O=P12ON(O1)N(c1c(Br)cccc1Br)O2. The van der Waals surface area contributed by atoms with E-state index >= 15 is 0 Å². The molecule has 0 aliphatic carbocycles. The smallest absolute Gasteiger partial charge is 0.222 e. The van der Waals surface area contributed by atoms with Crippen LogP contribution in [0.3, 0.4) is 0 Å². The van der Waals surface area contributed by atoms with Crippen LogP contribution in [0.1, 0.15) is 0 Å². The molecule has 3 saturated heterocycles. The molecule has 0 atom stereocenters. The van der Waals surface area contributed by atoms with Crippen LogP contribution in [0.25, 0.3) is 0 Å². The van der Waals surface area contributed by atoms with Crippen molar-refractivity contribution in [1.29, 1.82) is 0 Å². The van der Waals surface area contributed by atoms with Gasteiger partial charge in [0, 0.05) is 8.95 Å². The van der Waals surface area contributed by atoms with Crippen molar-refractivity contribution in [3.63, 3.8) is 0 Å². The summed E-state index contributed by atoms with van der Waals surface area (Å²) in [5, 5.41) is 2.10. The van der Waals surface area contributed by atoms with Gasteiger partial charge >= 0.3 is 7.82 Å². The largest absolute Gasteiger partial charge is 0.538 e. The first-order valence-corrected chi connectivity index (χ1v) is 6.87. The molecule has 3 fully saturated rings. The number of rotatable bonds is 1. The molecule has 0 radical (unpaired) electrons. The third kappa shape index (κ3) is 1.49. The number of hydrogen-bond acceptors (Lipinski definition) is 6. The Kier molecular flexibility index (Phi) is 2.23. The number of benzene rings is 1. The Labute approximate surface area is 101 Å². The van der Waals surface area contributed by atoms with Gasteiger partial charge in [-0.1, -0.05) is 6.07 Å². The van der Waals surface area contributed by atoms with Crippen molar-refractivity contribution in [3.8, 4) is 0 Å². The van der Waals surface area contributed by atoms with Crippen LogP contribution in [0.15, 0.2) is 27.1 Å². The fourth-order valence-electron chi connectivity index (χ4n) is 1.19. The van der Waals surface area contributed by atoms with Gasteiger partial charge < -0.3 is 0 Å². The highest BCUT2D eigenvalue weighted by Crippen LogP contribution is 2.68. The summed E-state index contributed by atoms with van der Waals surface area (Å²) in [7, 11) is -3.35. The van der Waals surface area contributed by atoms with E-state index in [1.54, 1.807) is 0 Å². The fourth-order valence-corrected chi connectivity index (χ4v) is 3.37. The number of fused-ring (bicyclic) bond motifs is 1. The molecular weight excluding hydrogens is 355 g/mol. The van der Waals surface area contributed by atoms with Crippen LogP contribution in [0, 0.1) is 0 Å². The molecule has 4 rings (SSSR count). The number of halogens is 2. The van der Waals surface area contributed by atoms with Crippen LogP contribution in [-0.4, -0.2) is 5.34 Å². The van der Waals surface area contributed by atoms with Crippen molar-refractivity contribution in [2.24, 2.45) is 0 Å². The molecule has 0 amide bonds. The van der Waals surface area contributed by atoms with Gasteiger partial charge in [0.2, 0.25) is 0 Å². The molecular formula is C6H3Br2N2O4P. The molecule has 15 heavy (non-hydrogen) atoms. The average Bonchev–Trinajstić information content (AvgIpc) is 2.57. The van der Waals surface area contributed by atoms with Crippen LogP contribution < -0.4 is 5.17 Å². The summed E-state index contributed by atoms with van der Waals surface area (Å²) in [4.78, 5) is 0. The Morgan fingerprint density at radius 3 is 2.20 bits per heavy atom. The first-order chi connectivity index (χ1) is 7.09. The maximum absolute atomic E-state index is 11.3. The molecule has 0 aromatic heterocycles. The van der Waals surface area contributed by atoms with Crippen LogP contribution in [0.2, 0.25) is 0 Å². The summed E-state index contributed by atoms with van der Waals surface area (Å²) in [6.45, 7) is 0. The van der Waals surface area contributed by atoms with Crippen LogP contribution in [0.5, 0.6) is 0 Å². The zero-order chi connectivity index (χ0) is 10.6. The van der Waals surface area contributed by atoms with E-state index in [4.69, 9.17) is 13.9 Å². The summed E-state index contributed by atoms with van der Waals surface area (Å²) in [5.74, 6) is 0. The normalized spacial score (nSPS) is 32.9. The number of phosphoric acid groups is 1. The molecule has 2 bridgehead atoms. The molecule has 0 unspecified atom stereocenters. The third-order valence-electron chi connectivity index (χ3n) is 1.79. The topological polar surface area (TPSA) is 51.2 Å². The zero-order valence-corrected chi connectivity index (χ0v) is 11.0. The van der Waals surface area contributed by atoms with Crippen molar-refractivity contribution in [2.45, 2.75) is 0 Å². The van der Waals surface area contributed by atoms with Gasteiger partial charge in [-0.25, -0.2) is 4.57 Å². The van der Waals surface area contributed by atoms with Crippen LogP contribution >= 0.6 is 39.7 Å². The number of anilines is 1. The van der Waals surface area contributed by atoms with Gasteiger partial charge in [-0.3, -0.25) is 0 Å². The van der Waals surface area contributed by atoms with E-state index in [0.29, 0.717) is 5.69 Å². The number of hydrazine groups is 1. The molecule has 0 saturated carbocycles. The second-order valence-corrected chi connectivity index (χ2v) is 5.87. The van der Waals surface area contributed by atoms with Gasteiger partial charge in [0.25, 0.3) is 0 Å². The molecule has 1 aromatic carbocycles. The molecule has 6 nitrogen and oxygen atoms in total. The minimum Gasteiger partial charge on any atom is -0.222 e. The Bertz CT molecular complexity index is 454. The van der Waals surface area contributed by atoms with Gasteiger partial charge in [0.15, 0.2) is 0 Å². The molecule has 9 heteroatoms. The van der Waals surface area contributed by atoms with Crippen molar-refractivity contribution < 1.29 is 18.4 Å². The molecule has 3 heterocycles. The highest BCUT2D eigenvalue weighted by molar-refractivity contribution is 9.11. The van der Waals surface area contributed by atoms with Crippen LogP contribution in [-0.2, 0) is 18.4 Å². The lowest BCUT2D eigenvalue weighted by Crippen LogP contribution is -2.34. The number of hydrogen-bond donors (Lipinski definition) is 0. The van der Waals surface area contributed by atoms with Gasteiger partial charge in [0.05, 0.1) is 5.34 Å². The maximum Gasteiger partial charge on any atom is 0.538 e. The summed E-state index contributed by atoms with van der Waals surface area (Å²) in [5.41, 5.74) is 0.618. The fraction of sp³-hybridized carbons (Fsp3) is 0. The second-order valence-electron chi connectivity index (χ2n) is 2.77. The minimum absolute atomic E-state index is 0.618. The van der Waals surface area contributed by atoms with E-state index in [1.165, 1.54) is 5.17 Å². The molecule has 3 aliphatic heterocycles. The summed E-state index contributed by atoms with van der Waals surface area (Å²) < 4.78 is 27.3. The molecule has 0 N–H and O–H groups in total. The average molecular weight is 358 g/mol. The Morgan fingerprint density at radius 2 is 1.73 bits per heavy atom. The molecule has 1 aromatic rings. The molecule has 80 valence electrons. The van der Waals surface area contributed by atoms with Crippen molar-refractivity contribution in [2.75, 3.05) is 5.17 Å². The maximum atomic E-state index is 11.3. The first-order valence-electron chi connectivity index (χ1n) is 3.82. The first kappa shape index (κ1) is 10.2. The minimum atomic E-state index is -3.35. The van der Waals surface area contributed by atoms with Gasteiger partial charge in [0.1, 0.15) is 5.69 Å². The van der Waals surface area contributed by atoms with Crippen molar-refractivity contribution in [1.82, 2.24) is 5.34 Å². The molecule has 3 aliphatic rings. The lowest BCUT2D eigenvalue weighted by atomic mass is 10.3. The quantitative estimate of drug-likeness (QED) is 0.719. The second kappa shape index (κ2) is 3.27. The molecule has 0 spiro atoms. The highest BCUT2D eigenvalue weighted by atomic mass is 79.9. The Morgan fingerprint density at radius 1 is 1.13 bits per heavy atom. The van der Waals surface area contributed by atoms with Gasteiger partial charge in [-0.05, 0) is 44.0 Å². The Balaban J connectivity index is 2.04. The predicted octanol–water partition coefficient (Wildman–Crippen LogP) is 3.17. The van der Waals surface area contributed by atoms with Gasteiger partial charge in [-0.2, -0.15) is 0 Å². The van der Waals surface area contributed by atoms with E-state index in [9.17, 15) is 4.57 Å². The van der Waals surface area contributed by atoms with Crippen LogP contribution in [0.4, 0.5) is 5.69 Å². The van der Waals surface area contributed by atoms with E-state index < -0.39 is 7.82 Å². The van der Waals surface area contributed by atoms with Gasteiger partial charge in [-0.15, -0.1) is 19.0 Å². The highest BCUT2D eigenvalue weighted by Gasteiger charge is 2.60. The van der Waals surface area contributed by atoms with E-state index in [0.717, 1.165) is 14.3 Å². The predicted molar refractivity (Wildman–Crippen MR) is 57.0 cm³/mol.